The van der Waals surface area contributed by atoms with Crippen LogP contribution in [-0.2, 0) is 14.3 Å². The summed E-state index contributed by atoms with van der Waals surface area (Å²) in [7, 11) is 0. The largest absolute Gasteiger partial charge is 0.486 e. The van der Waals surface area contributed by atoms with Crippen LogP contribution in [0.3, 0.4) is 0 Å². The second-order valence-electron chi connectivity index (χ2n) is 5.66. The van der Waals surface area contributed by atoms with Gasteiger partial charge in [-0.15, -0.1) is 11.8 Å². The van der Waals surface area contributed by atoms with E-state index in [1.165, 1.54) is 11.8 Å². The topological polar surface area (TPSA) is 65.1 Å². The van der Waals surface area contributed by atoms with Gasteiger partial charge in [-0.2, -0.15) is 0 Å². The molecule has 1 fully saturated rings. The van der Waals surface area contributed by atoms with Crippen molar-refractivity contribution in [3.8, 4) is 11.5 Å². The Morgan fingerprint density at radius 2 is 2.12 bits per heavy atom. The van der Waals surface area contributed by atoms with E-state index in [0.29, 0.717) is 37.1 Å². The first kappa shape index (κ1) is 17.0. The highest BCUT2D eigenvalue weighted by molar-refractivity contribution is 8.00. The summed E-state index contributed by atoms with van der Waals surface area (Å²) in [5.41, 5.74) is 0.927. The van der Waals surface area contributed by atoms with Crippen molar-refractivity contribution < 1.29 is 23.8 Å². The third kappa shape index (κ3) is 3.77. The zero-order chi connectivity index (χ0) is 16.9. The molecule has 0 spiro atoms. The Hall–Kier alpha value is -1.89. The van der Waals surface area contributed by atoms with Crippen LogP contribution in [0.1, 0.15) is 30.7 Å². The van der Waals surface area contributed by atoms with E-state index in [2.05, 4.69) is 0 Å². The minimum Gasteiger partial charge on any atom is -0.486 e. The van der Waals surface area contributed by atoms with E-state index in [9.17, 15) is 9.59 Å². The van der Waals surface area contributed by atoms with Crippen molar-refractivity contribution in [3.05, 3.63) is 23.8 Å². The first-order chi connectivity index (χ1) is 11.7. The van der Waals surface area contributed by atoms with Gasteiger partial charge in [0.2, 0.25) is 5.91 Å². The fourth-order valence-electron chi connectivity index (χ4n) is 2.63. The molecule has 24 heavy (non-hydrogen) atoms. The zero-order valence-electron chi connectivity index (χ0n) is 13.7. The van der Waals surface area contributed by atoms with Crippen molar-refractivity contribution in [1.29, 1.82) is 0 Å². The second kappa shape index (κ2) is 7.79. The highest BCUT2D eigenvalue weighted by atomic mass is 32.2. The molecule has 1 saturated heterocycles. The van der Waals surface area contributed by atoms with Crippen molar-refractivity contribution >= 4 is 23.6 Å². The molecule has 0 bridgehead atoms. The Labute approximate surface area is 145 Å². The molecule has 0 aliphatic carbocycles. The Kier molecular flexibility index (Phi) is 5.50. The fraction of sp³-hybridized carbons (Fsp3) is 0.529. The number of thioether (sulfide) groups is 1. The third-order valence-electron chi connectivity index (χ3n) is 3.88. The Morgan fingerprint density at radius 3 is 2.92 bits per heavy atom. The van der Waals surface area contributed by atoms with Crippen LogP contribution in [0.25, 0.3) is 0 Å². The highest BCUT2D eigenvalue weighted by Crippen LogP contribution is 2.42. The molecule has 1 unspecified atom stereocenters. The molecular formula is C17H21NO5S. The normalized spacial score (nSPS) is 19.5. The van der Waals surface area contributed by atoms with Gasteiger partial charge in [0, 0.05) is 0 Å². The van der Waals surface area contributed by atoms with Gasteiger partial charge in [-0.3, -0.25) is 9.59 Å². The minimum absolute atomic E-state index is 0.0192. The van der Waals surface area contributed by atoms with Gasteiger partial charge in [0.1, 0.15) is 25.1 Å². The number of nitrogens with zero attached hydrogens (tertiary/aromatic N) is 1. The predicted molar refractivity (Wildman–Crippen MR) is 90.2 cm³/mol. The van der Waals surface area contributed by atoms with Gasteiger partial charge in [-0.05, 0) is 24.1 Å². The van der Waals surface area contributed by atoms with Gasteiger partial charge in [0.05, 0.1) is 12.4 Å². The number of rotatable bonds is 6. The number of hydrogen-bond donors (Lipinski definition) is 0. The summed E-state index contributed by atoms with van der Waals surface area (Å²) in [4.78, 5) is 25.7. The van der Waals surface area contributed by atoms with Crippen LogP contribution in [0.15, 0.2) is 18.2 Å². The molecule has 7 heteroatoms. The maximum absolute atomic E-state index is 12.2. The summed E-state index contributed by atoms with van der Waals surface area (Å²) >= 11 is 1.50. The summed E-state index contributed by atoms with van der Waals surface area (Å²) < 4.78 is 16.3. The van der Waals surface area contributed by atoms with E-state index >= 15 is 0 Å². The van der Waals surface area contributed by atoms with Crippen LogP contribution in [0.2, 0.25) is 0 Å². The van der Waals surface area contributed by atoms with Crippen molar-refractivity contribution in [3.63, 3.8) is 0 Å². The summed E-state index contributed by atoms with van der Waals surface area (Å²) in [6, 6.07) is 5.66. The molecule has 2 aliphatic rings. The maximum Gasteiger partial charge on any atom is 0.325 e. The molecule has 0 aromatic heterocycles. The molecule has 0 radical (unpaired) electrons. The Morgan fingerprint density at radius 1 is 1.33 bits per heavy atom. The minimum atomic E-state index is -0.359. The molecule has 6 nitrogen and oxygen atoms in total. The number of carbonyl (C=O) groups is 2. The Bertz CT molecular complexity index is 621. The van der Waals surface area contributed by atoms with Gasteiger partial charge < -0.3 is 19.1 Å². The number of hydrogen-bond acceptors (Lipinski definition) is 6. The van der Waals surface area contributed by atoms with E-state index in [1.807, 2.05) is 25.1 Å². The number of benzene rings is 1. The Balaban J connectivity index is 1.69. The van der Waals surface area contributed by atoms with Gasteiger partial charge in [-0.25, -0.2) is 0 Å². The molecule has 1 aromatic rings. The standard InChI is InChI=1S/C17H21NO5S/c1-2-3-6-23-16(20)10-18-15(19)11-24-17(18)12-4-5-13-14(9-12)22-8-7-21-13/h4-5,9,17H,2-3,6-8,10-11H2,1H3. The summed E-state index contributed by atoms with van der Waals surface area (Å²) in [5.74, 6) is 1.35. The van der Waals surface area contributed by atoms with Gasteiger partial charge in [0.15, 0.2) is 11.5 Å². The highest BCUT2D eigenvalue weighted by Gasteiger charge is 2.35. The van der Waals surface area contributed by atoms with Crippen LogP contribution in [0.4, 0.5) is 0 Å². The number of carbonyl (C=O) groups excluding carboxylic acids is 2. The van der Waals surface area contributed by atoms with Crippen LogP contribution in [0.5, 0.6) is 11.5 Å². The number of esters is 1. The molecule has 1 aromatic carbocycles. The van der Waals surface area contributed by atoms with Crippen molar-refractivity contribution in [2.24, 2.45) is 0 Å². The fourth-order valence-corrected chi connectivity index (χ4v) is 3.81. The molecule has 2 aliphatic heterocycles. The first-order valence-electron chi connectivity index (χ1n) is 8.15. The van der Waals surface area contributed by atoms with Crippen molar-refractivity contribution in [2.75, 3.05) is 32.1 Å². The van der Waals surface area contributed by atoms with Crippen LogP contribution in [0, 0.1) is 0 Å². The molecule has 0 saturated carbocycles. The van der Waals surface area contributed by atoms with Crippen LogP contribution < -0.4 is 9.47 Å². The van der Waals surface area contributed by atoms with E-state index in [1.54, 1.807) is 4.90 Å². The molecular weight excluding hydrogens is 330 g/mol. The average molecular weight is 351 g/mol. The molecule has 2 heterocycles. The number of ether oxygens (including phenoxy) is 3. The smallest absolute Gasteiger partial charge is 0.325 e. The molecule has 1 atom stereocenters. The monoisotopic (exact) mass is 351 g/mol. The number of fused-ring (bicyclic) bond motifs is 1. The predicted octanol–water partition coefficient (Wildman–Crippen LogP) is 2.38. The summed E-state index contributed by atoms with van der Waals surface area (Å²) in [5, 5.41) is -0.202. The zero-order valence-corrected chi connectivity index (χ0v) is 14.5. The lowest BCUT2D eigenvalue weighted by molar-refractivity contribution is -0.148. The number of amides is 1. The van der Waals surface area contributed by atoms with Crippen LogP contribution >= 0.6 is 11.8 Å². The third-order valence-corrected chi connectivity index (χ3v) is 5.14. The van der Waals surface area contributed by atoms with E-state index < -0.39 is 0 Å². The molecule has 130 valence electrons. The first-order valence-corrected chi connectivity index (χ1v) is 9.20. The summed E-state index contributed by atoms with van der Waals surface area (Å²) in [6.07, 6.45) is 1.80. The van der Waals surface area contributed by atoms with Crippen molar-refractivity contribution in [2.45, 2.75) is 25.1 Å². The SMILES string of the molecule is CCCCOC(=O)CN1C(=O)CSC1c1ccc2c(c1)OCCO2. The van der Waals surface area contributed by atoms with E-state index in [4.69, 9.17) is 14.2 Å². The quantitative estimate of drug-likeness (QED) is 0.579. The van der Waals surface area contributed by atoms with Crippen molar-refractivity contribution in [1.82, 2.24) is 4.90 Å². The van der Waals surface area contributed by atoms with Gasteiger partial charge >= 0.3 is 5.97 Å². The van der Waals surface area contributed by atoms with E-state index in [0.717, 1.165) is 18.4 Å². The average Bonchev–Trinajstić information content (AvgIpc) is 2.95. The lowest BCUT2D eigenvalue weighted by Gasteiger charge is -2.25. The van der Waals surface area contributed by atoms with Crippen LogP contribution in [-0.4, -0.2) is 48.9 Å². The number of unbranched alkanes of at least 4 members (excludes halogenated alkanes) is 1. The lowest BCUT2D eigenvalue weighted by atomic mass is 10.1. The molecule has 1 amide bonds. The molecule has 3 rings (SSSR count). The molecule has 0 N–H and O–H groups in total. The maximum atomic E-state index is 12.2. The lowest BCUT2D eigenvalue weighted by Crippen LogP contribution is -2.34. The van der Waals surface area contributed by atoms with Gasteiger partial charge in [-0.1, -0.05) is 19.4 Å². The van der Waals surface area contributed by atoms with Gasteiger partial charge in [0.25, 0.3) is 0 Å². The van der Waals surface area contributed by atoms with E-state index in [-0.39, 0.29) is 23.8 Å². The summed E-state index contributed by atoms with van der Waals surface area (Å²) in [6.45, 7) is 3.47. The second-order valence-corrected chi connectivity index (χ2v) is 6.73.